The minimum absolute atomic E-state index is 0.841. The van der Waals surface area contributed by atoms with Crippen LogP contribution >= 0.6 is 0 Å². The van der Waals surface area contributed by atoms with E-state index in [2.05, 4.69) is 34.9 Å². The summed E-state index contributed by atoms with van der Waals surface area (Å²) in [7, 11) is 4.72. The van der Waals surface area contributed by atoms with Crippen LogP contribution in [0.4, 0.5) is 0 Å². The lowest BCUT2D eigenvalue weighted by Gasteiger charge is -2.47. The van der Waals surface area contributed by atoms with Crippen molar-refractivity contribution in [1.29, 1.82) is 0 Å². The van der Waals surface area contributed by atoms with Crippen LogP contribution in [0.25, 0.3) is 0 Å². The van der Waals surface area contributed by atoms with Gasteiger partial charge in [-0.3, -0.25) is 0 Å². The van der Waals surface area contributed by atoms with Crippen LogP contribution in [0.3, 0.4) is 0 Å². The molecule has 1 rings (SSSR count). The first-order chi connectivity index (χ1) is 4.94. The summed E-state index contributed by atoms with van der Waals surface area (Å²) in [4.78, 5) is 0. The van der Waals surface area contributed by atoms with Crippen LogP contribution in [-0.4, -0.2) is 30.7 Å². The van der Waals surface area contributed by atoms with E-state index in [1.165, 1.54) is 17.3 Å². The molecule has 0 aromatic rings. The molecule has 2 atom stereocenters. The van der Waals surface area contributed by atoms with Gasteiger partial charge in [-0.25, -0.2) is 0 Å². The summed E-state index contributed by atoms with van der Waals surface area (Å²) in [5, 5.41) is 0. The van der Waals surface area contributed by atoms with Crippen LogP contribution in [0, 0.1) is 5.92 Å². The Hall–Kier alpha value is -0.0400. The van der Waals surface area contributed by atoms with Crippen molar-refractivity contribution < 1.29 is 4.48 Å². The summed E-state index contributed by atoms with van der Waals surface area (Å²) >= 11 is 0. The summed E-state index contributed by atoms with van der Waals surface area (Å²) < 4.78 is 1.21. The second-order valence-electron chi connectivity index (χ2n) is 4.90. The minimum Gasteiger partial charge on any atom is -0.324 e. The van der Waals surface area contributed by atoms with E-state index in [-0.39, 0.29) is 0 Å². The van der Waals surface area contributed by atoms with Crippen molar-refractivity contribution in [3.63, 3.8) is 0 Å². The number of piperidine rings is 1. The Morgan fingerprint density at radius 2 is 1.27 bits per heavy atom. The van der Waals surface area contributed by atoms with Crippen molar-refractivity contribution >= 4 is 0 Å². The van der Waals surface area contributed by atoms with Gasteiger partial charge in [0.2, 0.25) is 0 Å². The van der Waals surface area contributed by atoms with Gasteiger partial charge in [0.1, 0.15) is 0 Å². The fraction of sp³-hybridized carbons (Fsp3) is 1.00. The number of hydrogen-bond donors (Lipinski definition) is 0. The van der Waals surface area contributed by atoms with Crippen molar-refractivity contribution in [2.75, 3.05) is 14.1 Å². The third kappa shape index (κ3) is 1.58. The lowest BCUT2D eigenvalue weighted by atomic mass is 9.87. The molecule has 0 bridgehead atoms. The Labute approximate surface area is 71.0 Å². The highest BCUT2D eigenvalue weighted by molar-refractivity contribution is 4.70. The molecular weight excluding hydrogens is 134 g/mol. The van der Waals surface area contributed by atoms with Crippen molar-refractivity contribution in [2.24, 2.45) is 5.92 Å². The van der Waals surface area contributed by atoms with Gasteiger partial charge >= 0.3 is 0 Å². The highest BCUT2D eigenvalue weighted by atomic mass is 15.4. The molecule has 11 heavy (non-hydrogen) atoms. The third-order valence-corrected chi connectivity index (χ3v) is 3.76. The van der Waals surface area contributed by atoms with Gasteiger partial charge in [0, 0.05) is 12.8 Å². The Balaban J connectivity index is 2.67. The maximum atomic E-state index is 2.38. The van der Waals surface area contributed by atoms with Gasteiger partial charge in [0.25, 0.3) is 0 Å². The molecule has 0 spiro atoms. The molecule has 2 unspecified atom stereocenters. The van der Waals surface area contributed by atoms with Gasteiger partial charge in [-0.05, 0) is 19.8 Å². The fourth-order valence-electron chi connectivity index (χ4n) is 2.24. The first-order valence-corrected chi connectivity index (χ1v) is 4.78. The van der Waals surface area contributed by atoms with Gasteiger partial charge in [-0.1, -0.05) is 6.92 Å². The Morgan fingerprint density at radius 1 is 0.909 bits per heavy atom. The second kappa shape index (κ2) is 2.78. The average molecular weight is 156 g/mol. The predicted molar refractivity (Wildman–Crippen MR) is 49.4 cm³/mol. The van der Waals surface area contributed by atoms with E-state index in [0.717, 1.165) is 18.0 Å². The van der Waals surface area contributed by atoms with Gasteiger partial charge < -0.3 is 4.48 Å². The molecule has 0 saturated carbocycles. The highest BCUT2D eigenvalue weighted by Gasteiger charge is 2.36. The van der Waals surface area contributed by atoms with Gasteiger partial charge in [0.15, 0.2) is 0 Å². The molecule has 0 aliphatic carbocycles. The average Bonchev–Trinajstić information content (AvgIpc) is 1.84. The molecule has 1 heterocycles. The van der Waals surface area contributed by atoms with Crippen LogP contribution < -0.4 is 0 Å². The molecule has 66 valence electrons. The monoisotopic (exact) mass is 156 g/mol. The molecule has 0 aromatic carbocycles. The molecule has 1 heteroatoms. The van der Waals surface area contributed by atoms with E-state index >= 15 is 0 Å². The number of quaternary nitrogens is 1. The molecule has 1 fully saturated rings. The largest absolute Gasteiger partial charge is 0.324 e. The number of hydrogen-bond acceptors (Lipinski definition) is 0. The van der Waals surface area contributed by atoms with Gasteiger partial charge in [-0.15, -0.1) is 0 Å². The Morgan fingerprint density at radius 3 is 1.64 bits per heavy atom. The molecule has 0 amide bonds. The van der Waals surface area contributed by atoms with E-state index in [0.29, 0.717) is 0 Å². The van der Waals surface area contributed by atoms with Crippen molar-refractivity contribution in [3.05, 3.63) is 0 Å². The fourth-order valence-corrected chi connectivity index (χ4v) is 2.24. The SMILES string of the molecule is CC1CC(C)[N+](C)(C)C(C)C1. The zero-order valence-electron chi connectivity index (χ0n) is 8.59. The maximum Gasteiger partial charge on any atom is 0.0862 e. The van der Waals surface area contributed by atoms with Crippen molar-refractivity contribution in [2.45, 2.75) is 45.7 Å². The molecule has 1 aliphatic heterocycles. The van der Waals surface area contributed by atoms with E-state index < -0.39 is 0 Å². The maximum absolute atomic E-state index is 2.38. The third-order valence-electron chi connectivity index (χ3n) is 3.76. The van der Waals surface area contributed by atoms with Gasteiger partial charge in [-0.2, -0.15) is 0 Å². The summed E-state index contributed by atoms with van der Waals surface area (Å²) in [5.74, 6) is 0.936. The summed E-state index contributed by atoms with van der Waals surface area (Å²) in [6, 6.07) is 1.68. The molecule has 0 radical (unpaired) electrons. The smallest absolute Gasteiger partial charge is 0.0862 e. The summed E-state index contributed by atoms with van der Waals surface area (Å²) in [5.41, 5.74) is 0. The van der Waals surface area contributed by atoms with E-state index in [1.54, 1.807) is 0 Å². The van der Waals surface area contributed by atoms with Crippen LogP contribution in [0.5, 0.6) is 0 Å². The lowest BCUT2D eigenvalue weighted by Crippen LogP contribution is -2.57. The highest BCUT2D eigenvalue weighted by Crippen LogP contribution is 2.30. The zero-order chi connectivity index (χ0) is 8.65. The molecule has 1 aliphatic rings. The van der Waals surface area contributed by atoms with Crippen molar-refractivity contribution in [3.8, 4) is 0 Å². The minimum atomic E-state index is 0.841. The van der Waals surface area contributed by atoms with Crippen molar-refractivity contribution in [1.82, 2.24) is 0 Å². The van der Waals surface area contributed by atoms with Crippen LogP contribution in [0.1, 0.15) is 33.6 Å². The lowest BCUT2D eigenvalue weighted by molar-refractivity contribution is -0.941. The van der Waals surface area contributed by atoms with Crippen LogP contribution in [0.15, 0.2) is 0 Å². The summed E-state index contributed by atoms with van der Waals surface area (Å²) in [6.07, 6.45) is 2.80. The van der Waals surface area contributed by atoms with Gasteiger partial charge in [0.05, 0.1) is 26.2 Å². The van der Waals surface area contributed by atoms with E-state index in [9.17, 15) is 0 Å². The first kappa shape index (κ1) is 9.05. The zero-order valence-corrected chi connectivity index (χ0v) is 8.59. The van der Waals surface area contributed by atoms with Crippen LogP contribution in [0.2, 0.25) is 0 Å². The molecule has 0 N–H and O–H groups in total. The van der Waals surface area contributed by atoms with Crippen LogP contribution in [-0.2, 0) is 0 Å². The molecular formula is C10H22N+. The predicted octanol–water partition coefficient (Wildman–Crippen LogP) is 2.27. The standard InChI is InChI=1S/C10H22N/c1-8-6-9(2)11(4,5)10(3)7-8/h8-10H,6-7H2,1-5H3/q+1. The second-order valence-corrected chi connectivity index (χ2v) is 4.90. The number of nitrogens with zero attached hydrogens (tertiary/aromatic N) is 1. The number of rotatable bonds is 0. The molecule has 0 aromatic heterocycles. The Kier molecular flexibility index (Phi) is 2.29. The molecule has 1 nitrogen and oxygen atoms in total. The normalized spacial score (nSPS) is 43.9. The van der Waals surface area contributed by atoms with E-state index in [4.69, 9.17) is 0 Å². The Bertz CT molecular complexity index is 126. The topological polar surface area (TPSA) is 0 Å². The van der Waals surface area contributed by atoms with E-state index in [1.807, 2.05) is 0 Å². The molecule has 1 saturated heterocycles. The summed E-state index contributed by atoms with van der Waals surface area (Å²) in [6.45, 7) is 7.14. The number of likely N-dealkylation sites (tertiary alicyclic amines) is 1. The quantitative estimate of drug-likeness (QED) is 0.472. The first-order valence-electron chi connectivity index (χ1n) is 4.78.